The molecule has 0 radical (unpaired) electrons. The number of likely N-dealkylation sites (tertiary alicyclic amines) is 16. The van der Waals surface area contributed by atoms with Crippen LogP contribution in [0.2, 0.25) is 0 Å². The van der Waals surface area contributed by atoms with Crippen LogP contribution in [-0.4, -0.2) is 507 Å². The summed E-state index contributed by atoms with van der Waals surface area (Å²) >= 11 is 0. The summed E-state index contributed by atoms with van der Waals surface area (Å²) in [6.07, 6.45) is 33.7. The van der Waals surface area contributed by atoms with Gasteiger partial charge < -0.3 is 131 Å². The first-order valence-corrected chi connectivity index (χ1v) is 57.6. The molecule has 148 heavy (non-hydrogen) atoms. The van der Waals surface area contributed by atoms with Crippen molar-refractivity contribution in [1.82, 2.24) is 88.6 Å². The van der Waals surface area contributed by atoms with E-state index in [1.807, 2.05) is 67.3 Å². The van der Waals surface area contributed by atoms with Crippen molar-refractivity contribution in [3.63, 3.8) is 0 Å². The SMILES string of the molecule is CCOC(=O)N1CCCC1C1CCN(C)CC1.CN(C)CCOC(=O)N1CCC[C@H]1C1CCN(C)CC1.CN1CCC([C@@H]2CCCN2C(=O)OC2CCC2)CC1.CN1CCC([C@@H]2CCCN2C(=O)OCC(F)(F)F)CC1.CN1CCC([C@@H]2CCCN2C(=O)OCCF)CC1.CNCCOC(=O)N1CCC[C@H]1C1CCN(C)CC1.COC(=O)N1CCC[C@@H]1C1CCN(C)CC1.COCCOC(=O)N1CCC[C@H]1C1CCN(C)CC1. The van der Waals surface area contributed by atoms with Crippen LogP contribution in [0.25, 0.3) is 0 Å². The number of likely N-dealkylation sites (N-methyl/N-ethyl adjacent to an activating group) is 2. The highest BCUT2D eigenvalue weighted by molar-refractivity contribution is 5.72. The minimum Gasteiger partial charge on any atom is -0.453 e. The molecule has 17 rings (SSSR count). The highest BCUT2D eigenvalue weighted by Crippen LogP contribution is 2.41. The minimum atomic E-state index is -4.46. The van der Waals surface area contributed by atoms with Crippen LogP contribution in [0.5, 0.6) is 0 Å². The molecule has 854 valence electrons. The number of amides is 8. The van der Waals surface area contributed by atoms with Gasteiger partial charge in [-0.05, 0) is 461 Å². The molecule has 0 aromatic heterocycles. The molecule has 0 bridgehead atoms. The molecule has 17 aliphatic rings. The van der Waals surface area contributed by atoms with E-state index < -0.39 is 25.6 Å². The van der Waals surface area contributed by atoms with Crippen molar-refractivity contribution in [1.29, 1.82) is 0 Å². The zero-order chi connectivity index (χ0) is 107. The van der Waals surface area contributed by atoms with Gasteiger partial charge in [0.15, 0.2) is 6.61 Å². The summed E-state index contributed by atoms with van der Waals surface area (Å²) in [6, 6.07) is 2.88. The second kappa shape index (κ2) is 65.3. The number of ether oxygens (including phenoxy) is 9. The van der Waals surface area contributed by atoms with Crippen LogP contribution >= 0.6 is 0 Å². The molecule has 16 saturated heterocycles. The maximum absolute atomic E-state index is 12.3. The second-order valence-electron chi connectivity index (χ2n) is 45.7. The van der Waals surface area contributed by atoms with Crippen LogP contribution < -0.4 is 5.32 Å². The molecule has 1 N–H and O–H groups in total. The lowest BCUT2D eigenvalue weighted by atomic mass is 9.88. The molecule has 1 saturated carbocycles. The molecule has 16 aliphatic heterocycles. The number of carbonyl (C=O) groups excluding carboxylic acids is 8. The summed E-state index contributed by atoms with van der Waals surface area (Å²) in [4.78, 5) is 132. The lowest BCUT2D eigenvalue weighted by molar-refractivity contribution is -0.162. The van der Waals surface area contributed by atoms with E-state index in [2.05, 4.69) is 106 Å². The van der Waals surface area contributed by atoms with Gasteiger partial charge in [-0.2, -0.15) is 13.2 Å². The predicted octanol–water partition coefficient (Wildman–Crippen LogP) is 14.6. The molecule has 39 heteroatoms. The van der Waals surface area contributed by atoms with Crippen LogP contribution in [0.15, 0.2) is 0 Å². The Morgan fingerprint density at radius 3 is 0.730 bits per heavy atom. The van der Waals surface area contributed by atoms with Gasteiger partial charge in [0.1, 0.15) is 39.2 Å². The van der Waals surface area contributed by atoms with E-state index in [4.69, 9.17) is 37.9 Å². The number of halogens is 4. The number of hydrogen-bond acceptors (Lipinski definition) is 27. The Kier molecular flexibility index (Phi) is 54.4. The average molecular weight is 2110 g/mol. The molecule has 0 aromatic carbocycles. The van der Waals surface area contributed by atoms with Gasteiger partial charge in [-0.3, -0.25) is 0 Å². The molecule has 1 aliphatic carbocycles. The molecule has 16 heterocycles. The fourth-order valence-corrected chi connectivity index (χ4v) is 25.9. The Morgan fingerprint density at radius 1 is 0.284 bits per heavy atom. The lowest BCUT2D eigenvalue weighted by Gasteiger charge is -2.37. The summed E-state index contributed by atoms with van der Waals surface area (Å²) in [6.45, 7) is 28.1. The first-order chi connectivity index (χ1) is 71.3. The van der Waals surface area contributed by atoms with E-state index in [1.54, 1.807) is 7.11 Å². The van der Waals surface area contributed by atoms with E-state index in [0.717, 1.165) is 285 Å². The number of methoxy groups -OCH3 is 2. The summed E-state index contributed by atoms with van der Waals surface area (Å²) < 4.78 is 94.1. The molecular formula is C109H198F4N18O17. The van der Waals surface area contributed by atoms with Gasteiger partial charge in [0.05, 0.1) is 20.3 Å². The van der Waals surface area contributed by atoms with Crippen LogP contribution in [-0.2, 0) is 42.6 Å². The van der Waals surface area contributed by atoms with E-state index in [1.165, 1.54) is 115 Å². The number of hydrogen-bond donors (Lipinski definition) is 1. The minimum absolute atomic E-state index is 0.0360. The Bertz CT molecular complexity index is 3710. The quantitative estimate of drug-likeness (QED) is 0.0598. The van der Waals surface area contributed by atoms with Gasteiger partial charge in [0, 0.05) is 121 Å². The van der Waals surface area contributed by atoms with Crippen molar-refractivity contribution in [3.8, 4) is 0 Å². The zero-order valence-corrected chi connectivity index (χ0v) is 93.7. The molecule has 8 atom stereocenters. The number of alkyl halides is 4. The van der Waals surface area contributed by atoms with Gasteiger partial charge >= 0.3 is 54.9 Å². The molecule has 0 spiro atoms. The number of rotatable bonds is 22. The van der Waals surface area contributed by atoms with Gasteiger partial charge in [-0.1, -0.05) is 0 Å². The molecule has 8 amide bonds. The number of nitrogens with one attached hydrogen (secondary N) is 1. The first kappa shape index (κ1) is 123. The third-order valence-corrected chi connectivity index (χ3v) is 35.0. The van der Waals surface area contributed by atoms with E-state index in [0.29, 0.717) is 129 Å². The fourth-order valence-electron chi connectivity index (χ4n) is 25.9. The Labute approximate surface area is 886 Å². The van der Waals surface area contributed by atoms with Gasteiger partial charge in [-0.25, -0.2) is 42.7 Å². The lowest BCUT2D eigenvalue weighted by Crippen LogP contribution is -2.45. The normalized spacial score (nSPS) is 26.9. The Morgan fingerprint density at radius 2 is 0.514 bits per heavy atom. The predicted molar refractivity (Wildman–Crippen MR) is 566 cm³/mol. The Hall–Kier alpha value is -6.56. The van der Waals surface area contributed by atoms with E-state index in [9.17, 15) is 55.9 Å². The third kappa shape index (κ3) is 40.0. The monoisotopic (exact) mass is 2110 g/mol. The maximum atomic E-state index is 12.3. The van der Waals surface area contributed by atoms with Crippen molar-refractivity contribution < 1.29 is 98.5 Å². The fraction of sp³-hybridized carbons (Fsp3) is 0.927. The number of carbonyl (C=O) groups is 8. The molecule has 35 nitrogen and oxygen atoms in total. The summed E-state index contributed by atoms with van der Waals surface area (Å²) in [7, 11) is 26.2. The maximum Gasteiger partial charge on any atom is 0.422 e. The van der Waals surface area contributed by atoms with Crippen molar-refractivity contribution >= 4 is 48.7 Å². The molecular weight excluding hydrogens is 1910 g/mol. The highest BCUT2D eigenvalue weighted by atomic mass is 19.4. The summed E-state index contributed by atoms with van der Waals surface area (Å²) in [5.41, 5.74) is 0. The Balaban J connectivity index is 0.000000173. The molecule has 0 aromatic rings. The number of piperidine rings is 8. The molecule has 1 unspecified atom stereocenters. The van der Waals surface area contributed by atoms with Crippen LogP contribution in [0.1, 0.15) is 232 Å². The standard InChI is InChI=1S/C15H29N3O2.C15H26N2O2.C14H27N3O2.C14H26N2O3.C13H21F3N2O2.C13H23FN2O2.C13H24N2O2.C12H22N2O2/c1-16(2)11-12-20-15(19)18-8-4-5-14(18)13-6-9-17(3)10-7-13;1-16-10-7-12(8-11-16)14-6-3-9-17(14)15(18)19-13-4-2-5-13;1-15-7-11-19-14(18)17-8-3-4-13(17)12-5-9-16(2)10-6-12;1-15-8-5-12(6-9-15)13-4-3-7-16(13)14(17)19-11-10-18-2;1-17-7-4-10(5-8-17)11-3-2-6-18(11)12(19)20-9-13(14,15)16;1-15-8-4-11(5-9-15)12-3-2-7-16(12)13(17)18-10-6-14;1-3-17-13(16)15-8-4-5-12(15)11-6-9-14(2)10-7-11;1-13-8-5-10(6-9-13)11-4-3-7-14(11)12(15)16-2/h13-14H,4-12H2,1-3H3;12-14H,2-11H2,1H3;12-13,15H,3-11H2,1-2H3;12-13H,3-11H2,1-2H3;10-11H,2-9H2,1H3;11-12H,2-10H2,1H3;11-12H,3-10H2,1-2H3;10-11H,3-9H2,1-2H3/t2*14-;2*13-;11-;12-;;11-/m000000.1/s1. The van der Waals surface area contributed by atoms with Crippen molar-refractivity contribution in [2.75, 3.05) is 315 Å². The first-order valence-electron chi connectivity index (χ1n) is 57.6. The van der Waals surface area contributed by atoms with Gasteiger partial charge in [-0.15, -0.1) is 0 Å². The highest BCUT2D eigenvalue weighted by Gasteiger charge is 2.47. The van der Waals surface area contributed by atoms with Crippen molar-refractivity contribution in [2.45, 2.75) is 292 Å². The average Bonchev–Trinajstić information content (AvgIpc) is 1.70. The largest absolute Gasteiger partial charge is 0.453 e. The summed E-state index contributed by atoms with van der Waals surface area (Å²) in [5, 5.41) is 2.99. The zero-order valence-electron chi connectivity index (χ0n) is 93.7. The van der Waals surface area contributed by atoms with E-state index in [-0.39, 0.29) is 61.4 Å². The number of nitrogens with zero attached hydrogens (tertiary/aromatic N) is 17. The van der Waals surface area contributed by atoms with E-state index >= 15 is 0 Å². The van der Waals surface area contributed by atoms with Crippen LogP contribution in [0, 0.1) is 47.3 Å². The van der Waals surface area contributed by atoms with Crippen LogP contribution in [0.4, 0.5) is 55.9 Å². The summed E-state index contributed by atoms with van der Waals surface area (Å²) in [5.74, 6) is 4.98. The molecule has 17 fully saturated rings. The smallest absolute Gasteiger partial charge is 0.422 e. The van der Waals surface area contributed by atoms with Gasteiger partial charge in [0.25, 0.3) is 0 Å². The third-order valence-electron chi connectivity index (χ3n) is 35.0. The van der Waals surface area contributed by atoms with Crippen molar-refractivity contribution in [2.24, 2.45) is 47.3 Å². The van der Waals surface area contributed by atoms with Crippen molar-refractivity contribution in [3.05, 3.63) is 0 Å². The van der Waals surface area contributed by atoms with Gasteiger partial charge in [0.2, 0.25) is 0 Å². The second-order valence-corrected chi connectivity index (χ2v) is 45.7. The van der Waals surface area contributed by atoms with Crippen LogP contribution in [0.3, 0.4) is 0 Å². The topological polar surface area (TPSA) is 287 Å².